The van der Waals surface area contributed by atoms with Crippen LogP contribution in [-0.2, 0) is 16.1 Å². The molecule has 0 radical (unpaired) electrons. The highest BCUT2D eigenvalue weighted by atomic mass is 79.9. The highest BCUT2D eigenvalue weighted by Crippen LogP contribution is 2.60. The molecule has 1 aliphatic carbocycles. The fourth-order valence-electron chi connectivity index (χ4n) is 3.39. The maximum atomic E-state index is 14.8. The molecule has 0 spiro atoms. The lowest BCUT2D eigenvalue weighted by molar-refractivity contribution is -0.147. The van der Waals surface area contributed by atoms with E-state index in [-0.39, 0.29) is 28.4 Å². The fraction of sp³-hybridized carbons (Fsp3) is 0.286. The monoisotopic (exact) mass is 516 g/mol. The minimum Gasteiger partial charge on any atom is -0.460 e. The second kappa shape index (κ2) is 8.03. The van der Waals surface area contributed by atoms with E-state index in [1.165, 1.54) is 30.3 Å². The van der Waals surface area contributed by atoms with Gasteiger partial charge in [0.15, 0.2) is 0 Å². The van der Waals surface area contributed by atoms with Crippen LogP contribution in [0.4, 0.5) is 13.2 Å². The summed E-state index contributed by atoms with van der Waals surface area (Å²) in [7, 11) is 0. The van der Waals surface area contributed by atoms with Crippen molar-refractivity contribution in [3.63, 3.8) is 0 Å². The number of esters is 1. The molecule has 0 unspecified atom stereocenters. The third kappa shape index (κ3) is 4.20. The van der Waals surface area contributed by atoms with Gasteiger partial charge in [0.05, 0.1) is 14.9 Å². The topological polar surface area (TPSA) is 26.3 Å². The van der Waals surface area contributed by atoms with Gasteiger partial charge in [-0.15, -0.1) is 0 Å². The zero-order chi connectivity index (χ0) is 20.6. The van der Waals surface area contributed by atoms with Crippen LogP contribution in [-0.4, -0.2) is 5.97 Å². The van der Waals surface area contributed by atoms with Gasteiger partial charge < -0.3 is 4.74 Å². The van der Waals surface area contributed by atoms with Crippen molar-refractivity contribution in [3.05, 3.63) is 68.9 Å². The van der Waals surface area contributed by atoms with Crippen molar-refractivity contribution in [1.82, 2.24) is 0 Å². The summed E-state index contributed by atoms with van der Waals surface area (Å²) in [6.07, 6.45) is 1.86. The van der Waals surface area contributed by atoms with Crippen molar-refractivity contribution < 1.29 is 22.7 Å². The zero-order valence-corrected chi connectivity index (χ0v) is 18.3. The third-order valence-electron chi connectivity index (χ3n) is 5.17. The molecule has 0 saturated heterocycles. The van der Waals surface area contributed by atoms with E-state index in [2.05, 4.69) is 31.9 Å². The first-order chi connectivity index (χ1) is 13.1. The molecule has 0 amide bonds. The van der Waals surface area contributed by atoms with Crippen molar-refractivity contribution in [2.24, 2.45) is 17.3 Å². The Kier molecular flexibility index (Phi) is 6.05. The first kappa shape index (κ1) is 21.1. The van der Waals surface area contributed by atoms with Gasteiger partial charge in [-0.3, -0.25) is 4.79 Å². The van der Waals surface area contributed by atoms with Crippen LogP contribution in [0.2, 0.25) is 0 Å². The first-order valence-corrected chi connectivity index (χ1v) is 10.1. The lowest BCUT2D eigenvalue weighted by Gasteiger charge is -2.11. The van der Waals surface area contributed by atoms with Gasteiger partial charge in [0.25, 0.3) is 0 Å². The van der Waals surface area contributed by atoms with E-state index in [0.29, 0.717) is 5.56 Å². The molecule has 1 saturated carbocycles. The van der Waals surface area contributed by atoms with Crippen LogP contribution in [0.5, 0.6) is 0 Å². The van der Waals surface area contributed by atoms with Gasteiger partial charge in [-0.2, -0.15) is 0 Å². The predicted molar refractivity (Wildman–Crippen MR) is 108 cm³/mol. The van der Waals surface area contributed by atoms with E-state index < -0.39 is 30.0 Å². The van der Waals surface area contributed by atoms with E-state index in [4.69, 9.17) is 4.74 Å². The van der Waals surface area contributed by atoms with Gasteiger partial charge in [0, 0.05) is 5.56 Å². The zero-order valence-electron chi connectivity index (χ0n) is 15.1. The Morgan fingerprint density at radius 3 is 2.36 bits per heavy atom. The fourth-order valence-corrected chi connectivity index (χ4v) is 3.96. The van der Waals surface area contributed by atoms with Crippen LogP contribution in [0, 0.1) is 34.7 Å². The molecule has 2 nitrogen and oxygen atoms in total. The summed E-state index contributed by atoms with van der Waals surface area (Å²) >= 11 is 6.55. The van der Waals surface area contributed by atoms with E-state index >= 15 is 0 Å². The van der Waals surface area contributed by atoms with Crippen LogP contribution in [0.15, 0.2) is 45.9 Å². The van der Waals surface area contributed by atoms with Crippen LogP contribution >= 0.6 is 31.9 Å². The molecule has 2 aromatic rings. The third-order valence-corrected chi connectivity index (χ3v) is 5.70. The normalized spacial score (nSPS) is 19.8. The largest absolute Gasteiger partial charge is 0.460 e. The molecule has 7 heteroatoms. The Labute approximate surface area is 178 Å². The van der Waals surface area contributed by atoms with Crippen molar-refractivity contribution in [2.75, 3.05) is 0 Å². The van der Waals surface area contributed by atoms with Crippen molar-refractivity contribution in [3.8, 4) is 11.1 Å². The number of benzene rings is 2. The van der Waals surface area contributed by atoms with Gasteiger partial charge in [0.2, 0.25) is 0 Å². The van der Waals surface area contributed by atoms with Gasteiger partial charge in [-0.1, -0.05) is 32.1 Å². The minimum absolute atomic E-state index is 0.0333. The van der Waals surface area contributed by atoms with Gasteiger partial charge in [-0.05, 0) is 73.0 Å². The molecule has 0 bridgehead atoms. The Hall–Kier alpha value is -1.60. The smallest absolute Gasteiger partial charge is 0.310 e. The lowest BCUT2D eigenvalue weighted by Crippen LogP contribution is -2.12. The summed E-state index contributed by atoms with van der Waals surface area (Å²) in [6.45, 7) is 3.35. The predicted octanol–water partition coefficient (Wildman–Crippen LogP) is 6.72. The average Bonchev–Trinajstić information content (AvgIpc) is 3.15. The maximum absolute atomic E-state index is 14.8. The summed E-state index contributed by atoms with van der Waals surface area (Å²) in [6, 6.07) is 7.60. The summed E-state index contributed by atoms with van der Waals surface area (Å²) < 4.78 is 48.1. The SMILES string of the molecule is CC1(C)[C@H](C(=O)OCc2c(F)ccc(-c3ccc(F)cc3)c2F)[C@@H]1C=C(Br)Br. The quantitative estimate of drug-likeness (QED) is 0.411. The number of allylic oxidation sites excluding steroid dienone is 1. The van der Waals surface area contributed by atoms with Crippen molar-refractivity contribution >= 4 is 37.8 Å². The number of hydrogen-bond acceptors (Lipinski definition) is 2. The summed E-state index contributed by atoms with van der Waals surface area (Å²) in [5.41, 5.74) is -0.107. The molecule has 3 rings (SSSR count). The Balaban J connectivity index is 1.78. The molecular formula is C21H17Br2F3O2. The van der Waals surface area contributed by atoms with Crippen LogP contribution in [0.1, 0.15) is 19.4 Å². The molecule has 2 aromatic carbocycles. The first-order valence-electron chi connectivity index (χ1n) is 8.55. The number of rotatable bonds is 5. The van der Waals surface area contributed by atoms with E-state index in [9.17, 15) is 18.0 Å². The van der Waals surface area contributed by atoms with Crippen molar-refractivity contribution in [1.29, 1.82) is 0 Å². The highest BCUT2D eigenvalue weighted by Gasteiger charge is 2.61. The van der Waals surface area contributed by atoms with Gasteiger partial charge >= 0.3 is 5.97 Å². The molecule has 0 aromatic heterocycles. The molecular weight excluding hydrogens is 501 g/mol. The number of ether oxygens (including phenoxy) is 1. The number of carbonyl (C=O) groups excluding carboxylic acids is 1. The summed E-state index contributed by atoms with van der Waals surface area (Å²) in [4.78, 5) is 12.4. The molecule has 1 aliphatic rings. The summed E-state index contributed by atoms with van der Waals surface area (Å²) in [5, 5.41) is 0. The summed E-state index contributed by atoms with van der Waals surface area (Å²) in [5.74, 6) is -3.00. The Morgan fingerprint density at radius 2 is 1.75 bits per heavy atom. The molecule has 2 atom stereocenters. The average molecular weight is 518 g/mol. The Bertz CT molecular complexity index is 935. The van der Waals surface area contributed by atoms with E-state index in [0.717, 1.165) is 9.46 Å². The van der Waals surface area contributed by atoms with Gasteiger partial charge in [-0.25, -0.2) is 13.2 Å². The van der Waals surface area contributed by atoms with E-state index in [1.54, 1.807) is 0 Å². The molecule has 0 aliphatic heterocycles. The lowest BCUT2D eigenvalue weighted by atomic mass is 10.0. The number of halogens is 5. The second-order valence-corrected chi connectivity index (χ2v) is 10.1. The Morgan fingerprint density at radius 1 is 1.11 bits per heavy atom. The number of hydrogen-bond donors (Lipinski definition) is 0. The van der Waals surface area contributed by atoms with Crippen LogP contribution < -0.4 is 0 Å². The standard InChI is InChI=1S/C21H17Br2F3O2/c1-21(2)15(9-17(22)23)18(21)20(27)28-10-14-16(25)8-7-13(19(14)26)11-3-5-12(24)6-4-11/h3-9,15,18H,10H2,1-2H3/t15-,18-/m0/s1. The maximum Gasteiger partial charge on any atom is 0.310 e. The van der Waals surface area contributed by atoms with Crippen LogP contribution in [0.25, 0.3) is 11.1 Å². The molecule has 0 N–H and O–H groups in total. The second-order valence-electron chi connectivity index (χ2n) is 7.28. The van der Waals surface area contributed by atoms with Crippen molar-refractivity contribution in [2.45, 2.75) is 20.5 Å². The van der Waals surface area contributed by atoms with Gasteiger partial charge in [0.1, 0.15) is 24.1 Å². The highest BCUT2D eigenvalue weighted by molar-refractivity contribution is 9.28. The van der Waals surface area contributed by atoms with Crippen LogP contribution in [0.3, 0.4) is 0 Å². The minimum atomic E-state index is -0.825. The molecule has 148 valence electrons. The number of carbonyl (C=O) groups is 1. The molecule has 28 heavy (non-hydrogen) atoms. The molecule has 1 fully saturated rings. The van der Waals surface area contributed by atoms with E-state index in [1.807, 2.05) is 19.9 Å². The molecule has 0 heterocycles.